The van der Waals surface area contributed by atoms with E-state index in [0.29, 0.717) is 6.42 Å². The van der Waals surface area contributed by atoms with E-state index in [1.165, 1.54) is 0 Å². The lowest BCUT2D eigenvalue weighted by Gasteiger charge is -2.36. The third kappa shape index (κ3) is 4.32. The molecule has 0 bridgehead atoms. The number of rotatable bonds is 5. The average molecular weight is 294 g/mol. The summed E-state index contributed by atoms with van der Waals surface area (Å²) >= 11 is 0. The maximum absolute atomic E-state index is 12.2. The highest BCUT2D eigenvalue weighted by molar-refractivity contribution is 7.89. The summed E-state index contributed by atoms with van der Waals surface area (Å²) in [5.41, 5.74) is -0.642. The van der Waals surface area contributed by atoms with Crippen molar-refractivity contribution in [2.75, 3.05) is 5.75 Å². The van der Waals surface area contributed by atoms with Crippen molar-refractivity contribution in [2.45, 2.75) is 39.7 Å². The molecule has 1 rings (SSSR count). The zero-order valence-electron chi connectivity index (χ0n) is 12.5. The topological polar surface area (TPSA) is 70.0 Å². The van der Waals surface area contributed by atoms with E-state index in [1.807, 2.05) is 51.1 Å². The van der Waals surface area contributed by atoms with Crippen LogP contribution in [0.5, 0.6) is 0 Å². The van der Waals surface area contributed by atoms with E-state index in [-0.39, 0.29) is 5.75 Å². The lowest BCUT2D eigenvalue weighted by molar-refractivity contribution is 0.247. The summed E-state index contributed by atoms with van der Waals surface area (Å²) in [7, 11) is -3.51. The van der Waals surface area contributed by atoms with Crippen LogP contribution >= 0.6 is 0 Å². The van der Waals surface area contributed by atoms with Crippen molar-refractivity contribution in [2.24, 2.45) is 5.41 Å². The molecule has 0 aliphatic rings. The van der Waals surface area contributed by atoms with Crippen LogP contribution in [0.15, 0.2) is 30.3 Å². The van der Waals surface area contributed by atoms with E-state index in [1.54, 1.807) is 6.92 Å². The highest BCUT2D eigenvalue weighted by atomic mass is 32.2. The van der Waals surface area contributed by atoms with Gasteiger partial charge in [-0.3, -0.25) is 0 Å². The first-order valence-corrected chi connectivity index (χ1v) is 8.22. The van der Waals surface area contributed by atoms with Gasteiger partial charge in [0.1, 0.15) is 5.54 Å². The third-order valence-corrected chi connectivity index (χ3v) is 5.05. The Balaban J connectivity index is 2.78. The molecule has 0 saturated heterocycles. The smallest absolute Gasteiger partial charge is 0.212 e. The van der Waals surface area contributed by atoms with Crippen LogP contribution in [0.3, 0.4) is 0 Å². The van der Waals surface area contributed by atoms with Crippen molar-refractivity contribution in [3.63, 3.8) is 0 Å². The molecule has 0 fully saturated rings. The molecule has 1 aromatic carbocycles. The number of aryl methyl sites for hydroxylation is 1. The third-order valence-electron chi connectivity index (χ3n) is 3.59. The van der Waals surface area contributed by atoms with Gasteiger partial charge < -0.3 is 0 Å². The molecule has 1 atom stereocenters. The van der Waals surface area contributed by atoms with Crippen LogP contribution < -0.4 is 4.72 Å². The minimum Gasteiger partial charge on any atom is -0.212 e. The van der Waals surface area contributed by atoms with Crippen LogP contribution in [0.4, 0.5) is 0 Å². The van der Waals surface area contributed by atoms with Crippen LogP contribution in [0, 0.1) is 16.7 Å². The van der Waals surface area contributed by atoms with Crippen LogP contribution in [0.2, 0.25) is 0 Å². The summed E-state index contributed by atoms with van der Waals surface area (Å²) < 4.78 is 26.9. The largest absolute Gasteiger partial charge is 0.213 e. The molecule has 1 N–H and O–H groups in total. The van der Waals surface area contributed by atoms with Crippen molar-refractivity contribution >= 4 is 10.0 Å². The number of hydrogen-bond donors (Lipinski definition) is 1. The Hall–Kier alpha value is -1.38. The molecule has 0 aliphatic heterocycles. The van der Waals surface area contributed by atoms with E-state index in [2.05, 4.69) is 10.8 Å². The molecule has 4 nitrogen and oxygen atoms in total. The minimum atomic E-state index is -3.51. The van der Waals surface area contributed by atoms with Crippen molar-refractivity contribution in [3.05, 3.63) is 35.9 Å². The van der Waals surface area contributed by atoms with E-state index >= 15 is 0 Å². The molecule has 0 amide bonds. The maximum Gasteiger partial charge on any atom is 0.213 e. The number of benzene rings is 1. The van der Waals surface area contributed by atoms with Gasteiger partial charge in [-0.05, 0) is 24.3 Å². The fraction of sp³-hybridized carbons (Fsp3) is 0.533. The highest BCUT2D eigenvalue weighted by Crippen LogP contribution is 2.30. The van der Waals surface area contributed by atoms with Gasteiger partial charge in [-0.1, -0.05) is 51.1 Å². The highest BCUT2D eigenvalue weighted by Gasteiger charge is 2.40. The van der Waals surface area contributed by atoms with Crippen molar-refractivity contribution in [1.29, 1.82) is 5.26 Å². The van der Waals surface area contributed by atoms with Crippen LogP contribution in [0.25, 0.3) is 0 Å². The molecule has 110 valence electrons. The quantitative estimate of drug-likeness (QED) is 0.907. The van der Waals surface area contributed by atoms with Gasteiger partial charge in [-0.15, -0.1) is 0 Å². The summed E-state index contributed by atoms with van der Waals surface area (Å²) in [6.45, 7) is 7.15. The average Bonchev–Trinajstić information content (AvgIpc) is 2.36. The molecule has 0 spiro atoms. The summed E-state index contributed by atoms with van der Waals surface area (Å²) in [5.74, 6) is -0.0234. The lowest BCUT2D eigenvalue weighted by Crippen LogP contribution is -2.54. The van der Waals surface area contributed by atoms with E-state index in [0.717, 1.165) is 5.56 Å². The number of nitrogens with zero attached hydrogens (tertiary/aromatic N) is 1. The molecular weight excluding hydrogens is 272 g/mol. The van der Waals surface area contributed by atoms with Gasteiger partial charge >= 0.3 is 0 Å². The van der Waals surface area contributed by atoms with Gasteiger partial charge in [0.25, 0.3) is 0 Å². The molecule has 1 aromatic rings. The van der Waals surface area contributed by atoms with Crippen LogP contribution in [-0.4, -0.2) is 19.7 Å². The standard InChI is InChI=1S/C15H22N2O2S/c1-14(2,3)15(4,12-16)17-20(18,19)11-10-13-8-6-5-7-9-13/h5-9,17H,10-11H2,1-4H3. The number of nitriles is 1. The Bertz CT molecular complexity index is 583. The number of hydrogen-bond acceptors (Lipinski definition) is 3. The Labute approximate surface area is 121 Å². The predicted molar refractivity (Wildman–Crippen MR) is 80.5 cm³/mol. The van der Waals surface area contributed by atoms with Gasteiger partial charge in [-0.25, -0.2) is 8.42 Å². The summed E-state index contributed by atoms with van der Waals surface area (Å²) in [6, 6.07) is 11.5. The van der Waals surface area contributed by atoms with Crippen LogP contribution in [-0.2, 0) is 16.4 Å². The van der Waals surface area contributed by atoms with Gasteiger partial charge in [-0.2, -0.15) is 9.98 Å². The fourth-order valence-electron chi connectivity index (χ4n) is 1.60. The number of sulfonamides is 1. The van der Waals surface area contributed by atoms with Crippen LogP contribution in [0.1, 0.15) is 33.3 Å². The first kappa shape index (κ1) is 16.7. The molecule has 0 saturated carbocycles. The Morgan fingerprint density at radius 1 is 1.15 bits per heavy atom. The zero-order valence-corrected chi connectivity index (χ0v) is 13.3. The SMILES string of the molecule is CC(C)(C)C(C)(C#N)NS(=O)(=O)CCc1ccccc1. The Kier molecular flexibility index (Phi) is 4.95. The van der Waals surface area contributed by atoms with E-state index in [9.17, 15) is 13.7 Å². The normalized spacial score (nSPS) is 15.3. The van der Waals surface area contributed by atoms with Crippen molar-refractivity contribution in [3.8, 4) is 6.07 Å². The maximum atomic E-state index is 12.2. The second-order valence-corrected chi connectivity index (χ2v) is 7.99. The predicted octanol–water partition coefficient (Wildman–Crippen LogP) is 2.48. The second kappa shape index (κ2) is 5.94. The fourth-order valence-corrected chi connectivity index (χ4v) is 3.18. The zero-order chi connectivity index (χ0) is 15.4. The lowest BCUT2D eigenvalue weighted by atomic mass is 9.77. The van der Waals surface area contributed by atoms with E-state index in [4.69, 9.17) is 0 Å². The first-order chi connectivity index (χ1) is 9.10. The number of nitrogens with one attached hydrogen (secondary N) is 1. The van der Waals surface area contributed by atoms with Gasteiger partial charge in [0, 0.05) is 0 Å². The van der Waals surface area contributed by atoms with E-state index < -0.39 is 21.0 Å². The molecule has 5 heteroatoms. The molecular formula is C15H22N2O2S. The first-order valence-electron chi connectivity index (χ1n) is 6.56. The van der Waals surface area contributed by atoms with Gasteiger partial charge in [0.2, 0.25) is 10.0 Å². The van der Waals surface area contributed by atoms with Crippen molar-refractivity contribution < 1.29 is 8.42 Å². The molecule has 20 heavy (non-hydrogen) atoms. The molecule has 0 heterocycles. The second-order valence-electron chi connectivity index (χ2n) is 6.14. The van der Waals surface area contributed by atoms with Gasteiger partial charge in [0.05, 0.1) is 11.8 Å². The van der Waals surface area contributed by atoms with Gasteiger partial charge in [0.15, 0.2) is 0 Å². The molecule has 0 aliphatic carbocycles. The summed E-state index contributed by atoms with van der Waals surface area (Å²) in [5, 5.41) is 9.29. The molecule has 1 unspecified atom stereocenters. The van der Waals surface area contributed by atoms with Crippen molar-refractivity contribution in [1.82, 2.24) is 4.72 Å². The molecule has 0 aromatic heterocycles. The summed E-state index contributed by atoms with van der Waals surface area (Å²) in [4.78, 5) is 0. The molecule has 0 radical (unpaired) electrons. The Morgan fingerprint density at radius 3 is 2.15 bits per heavy atom. The Morgan fingerprint density at radius 2 is 1.70 bits per heavy atom. The summed E-state index contributed by atoms with van der Waals surface area (Å²) in [6.07, 6.45) is 0.432. The monoisotopic (exact) mass is 294 g/mol. The minimum absolute atomic E-state index is 0.0234.